The summed E-state index contributed by atoms with van der Waals surface area (Å²) >= 11 is 0. The number of hydrogen-bond acceptors (Lipinski definition) is 3. The lowest BCUT2D eigenvalue weighted by molar-refractivity contribution is -0.105. The van der Waals surface area contributed by atoms with Crippen molar-refractivity contribution >= 4 is 12.1 Å². The van der Waals surface area contributed by atoms with Crippen molar-refractivity contribution in [3.05, 3.63) is 59.7 Å². The number of hydrogen-bond donors (Lipinski definition) is 2. The smallest absolute Gasteiger partial charge is 0.211 e. The van der Waals surface area contributed by atoms with Gasteiger partial charge in [0.2, 0.25) is 6.41 Å². The first-order chi connectivity index (χ1) is 10.8. The Hall–Kier alpha value is -2.27. The third-order valence-corrected chi connectivity index (χ3v) is 3.89. The molecule has 1 fully saturated rings. The first kappa shape index (κ1) is 14.7. The minimum Gasteiger partial charge on any atom is -0.326 e. The topological polar surface area (TPSA) is 54.0 Å². The Balaban J connectivity index is 1.90. The van der Waals surface area contributed by atoms with E-state index in [1.807, 2.05) is 12.1 Å². The van der Waals surface area contributed by atoms with Crippen molar-refractivity contribution in [3.8, 4) is 0 Å². The van der Waals surface area contributed by atoms with Gasteiger partial charge in [-0.25, -0.2) is 4.39 Å². The molecule has 3 rings (SSSR count). The summed E-state index contributed by atoms with van der Waals surface area (Å²) in [6.45, 7) is 0.931. The number of carbonyl (C=O) groups is 1. The van der Waals surface area contributed by atoms with Gasteiger partial charge < -0.3 is 10.6 Å². The summed E-state index contributed by atoms with van der Waals surface area (Å²) in [4.78, 5) is 14.6. The number of rotatable bonds is 7. The van der Waals surface area contributed by atoms with E-state index >= 15 is 0 Å². The van der Waals surface area contributed by atoms with Crippen molar-refractivity contribution in [1.29, 1.82) is 0 Å². The lowest BCUT2D eigenvalue weighted by Gasteiger charge is -2.20. The van der Waals surface area contributed by atoms with Crippen LogP contribution in [0.5, 0.6) is 0 Å². The highest BCUT2D eigenvalue weighted by Gasteiger charge is 2.23. The van der Waals surface area contributed by atoms with E-state index < -0.39 is 5.82 Å². The quantitative estimate of drug-likeness (QED) is 0.773. The zero-order valence-corrected chi connectivity index (χ0v) is 12.1. The monoisotopic (exact) mass is 299 g/mol. The molecule has 1 heterocycles. The third-order valence-electron chi connectivity index (χ3n) is 3.89. The fourth-order valence-corrected chi connectivity index (χ4v) is 2.49. The van der Waals surface area contributed by atoms with Gasteiger partial charge in [-0.2, -0.15) is 0 Å². The number of nitrogens with one attached hydrogen (secondary N) is 2. The van der Waals surface area contributed by atoms with Crippen molar-refractivity contribution in [1.82, 2.24) is 10.3 Å². The molecular formula is C17H18FN3O. The standard InChI is InChI=1S/C17H18FN3O/c18-15-4-3-14(9-16(15)21-11-22)17(20-10-12-1-2-12)13-5-7-19-8-6-13/h3-9,11-12,17,20H,1-2,10H2,(H,21,22). The highest BCUT2D eigenvalue weighted by Crippen LogP contribution is 2.31. The number of anilines is 1. The Morgan fingerprint density at radius 2 is 2.00 bits per heavy atom. The molecule has 0 radical (unpaired) electrons. The zero-order chi connectivity index (χ0) is 15.4. The maximum Gasteiger partial charge on any atom is 0.211 e. The average Bonchev–Trinajstić information content (AvgIpc) is 3.36. The van der Waals surface area contributed by atoms with Gasteiger partial charge in [0.15, 0.2) is 0 Å². The molecule has 2 N–H and O–H groups in total. The van der Waals surface area contributed by atoms with Crippen molar-refractivity contribution in [2.24, 2.45) is 5.92 Å². The summed E-state index contributed by atoms with van der Waals surface area (Å²) < 4.78 is 13.7. The Bertz CT molecular complexity index is 644. The van der Waals surface area contributed by atoms with E-state index in [1.54, 1.807) is 24.5 Å². The molecule has 0 saturated heterocycles. The van der Waals surface area contributed by atoms with Crippen LogP contribution in [0.1, 0.15) is 30.0 Å². The molecule has 22 heavy (non-hydrogen) atoms. The molecule has 1 aliphatic carbocycles. The summed E-state index contributed by atoms with van der Waals surface area (Å²) in [7, 11) is 0. The molecule has 0 aliphatic heterocycles. The number of halogens is 1. The SMILES string of the molecule is O=CNc1cc(C(NCC2CC2)c2ccncc2)ccc1F. The predicted octanol–water partition coefficient (Wildman–Crippen LogP) is 2.88. The first-order valence-electron chi connectivity index (χ1n) is 7.41. The van der Waals surface area contributed by atoms with Crippen LogP contribution in [-0.4, -0.2) is 17.9 Å². The molecule has 1 unspecified atom stereocenters. The highest BCUT2D eigenvalue weighted by molar-refractivity contribution is 5.72. The van der Waals surface area contributed by atoms with E-state index in [1.165, 1.54) is 18.9 Å². The van der Waals surface area contributed by atoms with Crippen LogP contribution < -0.4 is 10.6 Å². The van der Waals surface area contributed by atoms with Crippen molar-refractivity contribution in [2.75, 3.05) is 11.9 Å². The highest BCUT2D eigenvalue weighted by atomic mass is 19.1. The van der Waals surface area contributed by atoms with Crippen LogP contribution in [0, 0.1) is 11.7 Å². The minimum atomic E-state index is -0.438. The summed E-state index contributed by atoms with van der Waals surface area (Å²) in [5, 5.41) is 5.94. The Morgan fingerprint density at radius 1 is 1.23 bits per heavy atom. The zero-order valence-electron chi connectivity index (χ0n) is 12.1. The molecule has 1 amide bonds. The van der Waals surface area contributed by atoms with Gasteiger partial charge in [-0.05, 0) is 60.7 Å². The average molecular weight is 299 g/mol. The molecule has 1 saturated carbocycles. The fraction of sp³-hybridized carbons (Fsp3) is 0.294. The molecule has 0 bridgehead atoms. The second kappa shape index (κ2) is 6.66. The summed E-state index contributed by atoms with van der Waals surface area (Å²) in [6, 6.07) is 8.65. The summed E-state index contributed by atoms with van der Waals surface area (Å²) in [6.07, 6.45) is 6.50. The van der Waals surface area contributed by atoms with Gasteiger partial charge in [-0.15, -0.1) is 0 Å². The van der Waals surface area contributed by atoms with Gasteiger partial charge >= 0.3 is 0 Å². The second-order valence-corrected chi connectivity index (χ2v) is 5.57. The molecule has 0 spiro atoms. The van der Waals surface area contributed by atoms with Crippen molar-refractivity contribution < 1.29 is 9.18 Å². The number of nitrogens with zero attached hydrogens (tertiary/aromatic N) is 1. The Kier molecular flexibility index (Phi) is 4.44. The molecule has 1 aromatic carbocycles. The first-order valence-corrected chi connectivity index (χ1v) is 7.41. The summed E-state index contributed by atoms with van der Waals surface area (Å²) in [5.41, 5.74) is 2.18. The largest absolute Gasteiger partial charge is 0.326 e. The molecule has 4 nitrogen and oxygen atoms in total. The van der Waals surface area contributed by atoms with Crippen LogP contribution in [-0.2, 0) is 4.79 Å². The van der Waals surface area contributed by atoms with Crippen LogP contribution in [0.25, 0.3) is 0 Å². The second-order valence-electron chi connectivity index (χ2n) is 5.57. The van der Waals surface area contributed by atoms with Crippen LogP contribution in [0.3, 0.4) is 0 Å². The van der Waals surface area contributed by atoms with Gasteiger partial charge in [-0.1, -0.05) is 6.07 Å². The molecule has 114 valence electrons. The van der Waals surface area contributed by atoms with E-state index in [0.29, 0.717) is 6.41 Å². The van der Waals surface area contributed by atoms with Gasteiger partial charge in [-0.3, -0.25) is 9.78 Å². The number of pyridine rings is 1. The number of amides is 1. The van der Waals surface area contributed by atoms with Crippen molar-refractivity contribution in [3.63, 3.8) is 0 Å². The molecule has 1 atom stereocenters. The van der Waals surface area contributed by atoms with Crippen molar-refractivity contribution in [2.45, 2.75) is 18.9 Å². The molecule has 1 aromatic heterocycles. The van der Waals surface area contributed by atoms with Crippen LogP contribution in [0.4, 0.5) is 10.1 Å². The summed E-state index contributed by atoms with van der Waals surface area (Å²) in [5.74, 6) is 0.295. The molecular weight excluding hydrogens is 281 g/mol. The van der Waals surface area contributed by atoms with E-state index in [2.05, 4.69) is 15.6 Å². The van der Waals surface area contributed by atoms with E-state index in [0.717, 1.165) is 23.6 Å². The van der Waals surface area contributed by atoms with Crippen LogP contribution in [0.15, 0.2) is 42.7 Å². The number of aromatic nitrogens is 1. The van der Waals surface area contributed by atoms with Gasteiger partial charge in [0.25, 0.3) is 0 Å². The molecule has 1 aliphatic rings. The minimum absolute atomic E-state index is 0.0450. The Morgan fingerprint density at radius 3 is 2.68 bits per heavy atom. The number of carbonyl (C=O) groups excluding carboxylic acids is 1. The predicted molar refractivity (Wildman–Crippen MR) is 82.9 cm³/mol. The van der Waals surface area contributed by atoms with E-state index in [9.17, 15) is 9.18 Å². The maximum absolute atomic E-state index is 13.7. The van der Waals surface area contributed by atoms with Gasteiger partial charge in [0.05, 0.1) is 11.7 Å². The lowest BCUT2D eigenvalue weighted by Crippen LogP contribution is -2.24. The lowest BCUT2D eigenvalue weighted by atomic mass is 9.98. The van der Waals surface area contributed by atoms with E-state index in [-0.39, 0.29) is 11.7 Å². The fourth-order valence-electron chi connectivity index (χ4n) is 2.49. The molecule has 5 heteroatoms. The number of benzene rings is 1. The normalized spacial score (nSPS) is 15.3. The Labute approximate surface area is 128 Å². The maximum atomic E-state index is 13.7. The van der Waals surface area contributed by atoms with Gasteiger partial charge in [0, 0.05) is 12.4 Å². The van der Waals surface area contributed by atoms with Gasteiger partial charge in [0.1, 0.15) is 5.82 Å². The van der Waals surface area contributed by atoms with Crippen LogP contribution in [0.2, 0.25) is 0 Å². The van der Waals surface area contributed by atoms with Crippen LogP contribution >= 0.6 is 0 Å². The molecule has 2 aromatic rings. The van der Waals surface area contributed by atoms with E-state index in [4.69, 9.17) is 0 Å². The third kappa shape index (κ3) is 3.49.